The highest BCUT2D eigenvalue weighted by atomic mass is 32.1. The molecule has 21 heavy (non-hydrogen) atoms. The minimum absolute atomic E-state index is 0.191. The molecule has 0 atom stereocenters. The van der Waals surface area contributed by atoms with Crippen LogP contribution in [0.15, 0.2) is 18.2 Å². The summed E-state index contributed by atoms with van der Waals surface area (Å²) < 4.78 is 26.2. The van der Waals surface area contributed by atoms with Gasteiger partial charge in [0.2, 0.25) is 0 Å². The number of aliphatic hydroxyl groups is 1. The number of rotatable bonds is 2. The summed E-state index contributed by atoms with van der Waals surface area (Å²) in [5.41, 5.74) is 0.982. The number of amides is 1. The first-order valence-corrected chi connectivity index (χ1v) is 7.17. The van der Waals surface area contributed by atoms with Crippen LogP contribution in [-0.2, 0) is 0 Å². The van der Waals surface area contributed by atoms with Crippen molar-refractivity contribution in [3.63, 3.8) is 0 Å². The van der Waals surface area contributed by atoms with Crippen molar-refractivity contribution >= 4 is 17.2 Å². The van der Waals surface area contributed by atoms with Gasteiger partial charge in [0, 0.05) is 18.7 Å². The van der Waals surface area contributed by atoms with E-state index in [0.717, 1.165) is 23.5 Å². The van der Waals surface area contributed by atoms with Crippen LogP contribution in [0.4, 0.5) is 8.78 Å². The lowest BCUT2D eigenvalue weighted by Crippen LogP contribution is -2.53. The van der Waals surface area contributed by atoms with Gasteiger partial charge < -0.3 is 10.0 Å². The van der Waals surface area contributed by atoms with Crippen LogP contribution in [0.3, 0.4) is 0 Å². The molecule has 1 aliphatic rings. The van der Waals surface area contributed by atoms with Crippen molar-refractivity contribution in [1.82, 2.24) is 9.88 Å². The van der Waals surface area contributed by atoms with Crippen LogP contribution >= 0.6 is 11.3 Å². The largest absolute Gasteiger partial charge is 0.389 e. The smallest absolute Gasteiger partial charge is 0.266 e. The molecule has 1 saturated heterocycles. The number of carbonyl (C=O) groups is 1. The molecule has 0 unspecified atom stereocenters. The van der Waals surface area contributed by atoms with Crippen molar-refractivity contribution in [2.75, 3.05) is 13.1 Å². The van der Waals surface area contributed by atoms with Gasteiger partial charge in [0.15, 0.2) is 11.6 Å². The molecule has 4 nitrogen and oxygen atoms in total. The average Bonchev–Trinajstić information content (AvgIpc) is 2.80. The number of β-amino-alcohol motifs (C(OH)–C–C–N with tert-alkyl or cyclic N) is 1. The van der Waals surface area contributed by atoms with E-state index in [9.17, 15) is 18.7 Å². The van der Waals surface area contributed by atoms with E-state index in [1.807, 2.05) is 0 Å². The first-order valence-electron chi connectivity index (χ1n) is 6.36. The molecular formula is C14H12F2N2O2S. The molecular weight excluding hydrogens is 298 g/mol. The fourth-order valence-corrected chi connectivity index (χ4v) is 3.14. The number of aliphatic hydroxyl groups excluding tert-OH is 1. The second kappa shape index (κ2) is 5.16. The molecule has 0 bridgehead atoms. The monoisotopic (exact) mass is 310 g/mol. The Morgan fingerprint density at radius 1 is 1.38 bits per heavy atom. The highest BCUT2D eigenvalue weighted by Crippen LogP contribution is 2.30. The molecule has 1 fully saturated rings. The summed E-state index contributed by atoms with van der Waals surface area (Å²) in [4.78, 5) is 18.4. The Hall–Kier alpha value is -1.86. The Morgan fingerprint density at radius 2 is 2.10 bits per heavy atom. The van der Waals surface area contributed by atoms with Crippen LogP contribution < -0.4 is 0 Å². The van der Waals surface area contributed by atoms with E-state index in [4.69, 9.17) is 0 Å². The second-order valence-electron chi connectivity index (χ2n) is 4.93. The topological polar surface area (TPSA) is 53.4 Å². The summed E-state index contributed by atoms with van der Waals surface area (Å²) in [6.07, 6.45) is -0.465. The molecule has 1 aromatic carbocycles. The maximum Gasteiger partial charge on any atom is 0.266 e. The van der Waals surface area contributed by atoms with Crippen LogP contribution in [0.5, 0.6) is 0 Å². The summed E-state index contributed by atoms with van der Waals surface area (Å²) in [6, 6.07) is 3.53. The van der Waals surface area contributed by atoms with Gasteiger partial charge in [-0.05, 0) is 25.1 Å². The molecule has 1 amide bonds. The molecule has 2 heterocycles. The first kappa shape index (κ1) is 14.1. The van der Waals surface area contributed by atoms with E-state index in [-0.39, 0.29) is 5.91 Å². The van der Waals surface area contributed by atoms with Gasteiger partial charge in [-0.25, -0.2) is 13.8 Å². The molecule has 0 saturated carbocycles. The van der Waals surface area contributed by atoms with E-state index in [1.165, 1.54) is 11.0 Å². The van der Waals surface area contributed by atoms with Crippen molar-refractivity contribution < 1.29 is 18.7 Å². The molecule has 7 heteroatoms. The number of benzene rings is 1. The minimum atomic E-state index is -0.945. The van der Waals surface area contributed by atoms with Crippen molar-refractivity contribution in [3.05, 3.63) is 40.4 Å². The predicted molar refractivity (Wildman–Crippen MR) is 74.1 cm³/mol. The number of halogens is 2. The Labute approximate surface area is 123 Å². The first-order chi connectivity index (χ1) is 9.95. The van der Waals surface area contributed by atoms with E-state index in [2.05, 4.69) is 4.98 Å². The van der Waals surface area contributed by atoms with Crippen molar-refractivity contribution in [1.29, 1.82) is 0 Å². The van der Waals surface area contributed by atoms with Gasteiger partial charge in [0.05, 0.1) is 11.8 Å². The molecule has 110 valence electrons. The third-order valence-corrected chi connectivity index (χ3v) is 4.50. The fraction of sp³-hybridized carbons (Fsp3) is 0.286. The molecule has 1 aromatic heterocycles. The van der Waals surface area contributed by atoms with Gasteiger partial charge in [-0.15, -0.1) is 11.3 Å². The number of nitrogens with zero attached hydrogens (tertiary/aromatic N) is 2. The zero-order chi connectivity index (χ0) is 15.1. The number of aryl methyl sites for hydroxylation is 1. The van der Waals surface area contributed by atoms with Crippen LogP contribution in [0.25, 0.3) is 10.6 Å². The summed E-state index contributed by atoms with van der Waals surface area (Å²) in [5, 5.41) is 9.71. The van der Waals surface area contributed by atoms with E-state index in [1.54, 1.807) is 6.92 Å². The molecule has 3 rings (SSSR count). The summed E-state index contributed by atoms with van der Waals surface area (Å²) in [6.45, 7) is 2.33. The standard InChI is InChI=1S/C14H12F2N2O2S/c1-7-12(14(20)18-5-9(19)6-18)21-13(17-7)8-2-3-10(15)11(16)4-8/h2-4,9,19H,5-6H2,1H3. The number of carbonyl (C=O) groups excluding carboxylic acids is 1. The fourth-order valence-electron chi connectivity index (χ4n) is 2.11. The zero-order valence-corrected chi connectivity index (χ0v) is 12.0. The number of thiazole rings is 1. The highest BCUT2D eigenvalue weighted by molar-refractivity contribution is 7.17. The second-order valence-corrected chi connectivity index (χ2v) is 5.93. The van der Waals surface area contributed by atoms with Gasteiger partial charge in [0.25, 0.3) is 5.91 Å². The lowest BCUT2D eigenvalue weighted by atomic mass is 10.1. The number of aromatic nitrogens is 1. The molecule has 0 aliphatic carbocycles. The van der Waals surface area contributed by atoms with Crippen molar-refractivity contribution in [3.8, 4) is 10.6 Å². The lowest BCUT2D eigenvalue weighted by molar-refractivity contribution is 0.00616. The molecule has 2 aromatic rings. The summed E-state index contributed by atoms with van der Waals surface area (Å²) in [5.74, 6) is -2.05. The maximum absolute atomic E-state index is 13.3. The van der Waals surface area contributed by atoms with Gasteiger partial charge in [-0.2, -0.15) is 0 Å². The van der Waals surface area contributed by atoms with Gasteiger partial charge in [0.1, 0.15) is 9.88 Å². The van der Waals surface area contributed by atoms with Crippen LogP contribution in [0.2, 0.25) is 0 Å². The Kier molecular flexibility index (Phi) is 3.46. The molecule has 0 radical (unpaired) electrons. The number of hydrogen-bond donors (Lipinski definition) is 1. The number of likely N-dealkylation sites (tertiary alicyclic amines) is 1. The van der Waals surface area contributed by atoms with Crippen LogP contribution in [0, 0.1) is 18.6 Å². The van der Waals surface area contributed by atoms with E-state index >= 15 is 0 Å². The van der Waals surface area contributed by atoms with Crippen LogP contribution in [0.1, 0.15) is 15.4 Å². The predicted octanol–water partition coefficient (Wildman–Crippen LogP) is 2.21. The third kappa shape index (κ3) is 2.54. The third-order valence-electron chi connectivity index (χ3n) is 3.31. The maximum atomic E-state index is 13.3. The highest BCUT2D eigenvalue weighted by Gasteiger charge is 2.31. The zero-order valence-electron chi connectivity index (χ0n) is 11.1. The lowest BCUT2D eigenvalue weighted by Gasteiger charge is -2.35. The summed E-state index contributed by atoms with van der Waals surface area (Å²) >= 11 is 1.14. The van der Waals surface area contributed by atoms with Crippen molar-refractivity contribution in [2.45, 2.75) is 13.0 Å². The normalized spacial score (nSPS) is 15.1. The van der Waals surface area contributed by atoms with Gasteiger partial charge >= 0.3 is 0 Å². The van der Waals surface area contributed by atoms with Gasteiger partial charge in [-0.3, -0.25) is 4.79 Å². The van der Waals surface area contributed by atoms with Crippen LogP contribution in [-0.4, -0.2) is 40.1 Å². The van der Waals surface area contributed by atoms with E-state index < -0.39 is 17.7 Å². The average molecular weight is 310 g/mol. The minimum Gasteiger partial charge on any atom is -0.389 e. The summed E-state index contributed by atoms with van der Waals surface area (Å²) in [7, 11) is 0. The molecule has 1 aliphatic heterocycles. The Bertz CT molecular complexity index is 711. The quantitative estimate of drug-likeness (QED) is 0.925. The molecule has 0 spiro atoms. The van der Waals surface area contributed by atoms with Gasteiger partial charge in [-0.1, -0.05) is 0 Å². The van der Waals surface area contributed by atoms with E-state index in [0.29, 0.717) is 34.2 Å². The number of hydrogen-bond acceptors (Lipinski definition) is 4. The SMILES string of the molecule is Cc1nc(-c2ccc(F)c(F)c2)sc1C(=O)N1CC(O)C1. The Morgan fingerprint density at radius 3 is 2.71 bits per heavy atom. The van der Waals surface area contributed by atoms with Crippen molar-refractivity contribution in [2.24, 2.45) is 0 Å². The Balaban J connectivity index is 1.90. The molecule has 1 N–H and O–H groups in total.